The minimum atomic E-state index is -0.818. The summed E-state index contributed by atoms with van der Waals surface area (Å²) in [5.74, 6) is 2.42. The third-order valence-corrected chi connectivity index (χ3v) is 4.40. The second-order valence-electron chi connectivity index (χ2n) is 5.87. The van der Waals surface area contributed by atoms with E-state index in [1.807, 2.05) is 0 Å². The molecule has 0 aromatic heterocycles. The molecule has 6 heteroatoms. The molecule has 5 nitrogen and oxygen atoms in total. The van der Waals surface area contributed by atoms with Crippen LogP contribution in [0, 0.1) is 18.2 Å². The van der Waals surface area contributed by atoms with E-state index in [0.717, 1.165) is 13.1 Å². The van der Waals surface area contributed by atoms with Crippen LogP contribution >= 0.6 is 0 Å². The van der Waals surface area contributed by atoms with E-state index in [0.29, 0.717) is 29.8 Å². The van der Waals surface area contributed by atoms with E-state index in [1.165, 1.54) is 11.0 Å². The van der Waals surface area contributed by atoms with E-state index >= 15 is 0 Å². The molecule has 2 fully saturated rings. The van der Waals surface area contributed by atoms with Gasteiger partial charge in [0.15, 0.2) is 5.60 Å². The SMILES string of the molecule is C#CCN1C(=O)C2(CC2)Oc2cc(F)c(C3NCCN3)cc21. The van der Waals surface area contributed by atoms with Crippen LogP contribution < -0.4 is 20.3 Å². The molecule has 1 amide bonds. The monoisotopic (exact) mass is 301 g/mol. The number of benzene rings is 1. The summed E-state index contributed by atoms with van der Waals surface area (Å²) in [7, 11) is 0. The van der Waals surface area contributed by atoms with Crippen molar-refractivity contribution in [3.05, 3.63) is 23.5 Å². The lowest BCUT2D eigenvalue weighted by atomic mass is 10.1. The van der Waals surface area contributed by atoms with Crippen molar-refractivity contribution in [3.8, 4) is 18.1 Å². The highest BCUT2D eigenvalue weighted by Gasteiger charge is 2.58. The lowest BCUT2D eigenvalue weighted by Crippen LogP contribution is -2.48. The molecule has 2 heterocycles. The molecule has 114 valence electrons. The average molecular weight is 301 g/mol. The Labute approximate surface area is 127 Å². The molecule has 0 atom stereocenters. The number of carbonyl (C=O) groups is 1. The molecule has 22 heavy (non-hydrogen) atoms. The van der Waals surface area contributed by atoms with E-state index in [1.54, 1.807) is 6.07 Å². The molecule has 0 radical (unpaired) electrons. The number of ether oxygens (including phenoxy) is 1. The first-order valence-corrected chi connectivity index (χ1v) is 7.39. The van der Waals surface area contributed by atoms with Crippen LogP contribution in [0.5, 0.6) is 5.75 Å². The highest BCUT2D eigenvalue weighted by Crippen LogP contribution is 2.49. The maximum absolute atomic E-state index is 14.4. The summed E-state index contributed by atoms with van der Waals surface area (Å²) in [6.45, 7) is 1.70. The van der Waals surface area contributed by atoms with E-state index in [4.69, 9.17) is 11.2 Å². The highest BCUT2D eigenvalue weighted by molar-refractivity contribution is 6.05. The quantitative estimate of drug-likeness (QED) is 0.797. The number of halogens is 1. The number of carbonyl (C=O) groups excluding carboxylic acids is 1. The third kappa shape index (κ3) is 1.90. The van der Waals surface area contributed by atoms with Crippen molar-refractivity contribution >= 4 is 11.6 Å². The normalized spacial score (nSPS) is 22.4. The fourth-order valence-corrected chi connectivity index (χ4v) is 3.09. The van der Waals surface area contributed by atoms with Crippen LogP contribution in [0.25, 0.3) is 0 Å². The largest absolute Gasteiger partial charge is 0.475 e. The number of rotatable bonds is 2. The third-order valence-electron chi connectivity index (χ3n) is 4.40. The number of nitrogens with zero attached hydrogens (tertiary/aromatic N) is 1. The minimum absolute atomic E-state index is 0.122. The first kappa shape index (κ1) is 13.6. The number of hydrogen-bond acceptors (Lipinski definition) is 4. The van der Waals surface area contributed by atoms with Crippen molar-refractivity contribution in [2.24, 2.45) is 0 Å². The summed E-state index contributed by atoms with van der Waals surface area (Å²) < 4.78 is 20.2. The Balaban J connectivity index is 1.80. The van der Waals surface area contributed by atoms with Crippen molar-refractivity contribution in [3.63, 3.8) is 0 Å². The zero-order valence-corrected chi connectivity index (χ0v) is 12.0. The molecule has 1 spiro atoms. The fourth-order valence-electron chi connectivity index (χ4n) is 3.09. The van der Waals surface area contributed by atoms with Crippen LogP contribution in [0.3, 0.4) is 0 Å². The highest BCUT2D eigenvalue weighted by atomic mass is 19.1. The summed E-state index contributed by atoms with van der Waals surface area (Å²) >= 11 is 0. The second-order valence-corrected chi connectivity index (χ2v) is 5.87. The fraction of sp³-hybridized carbons (Fsp3) is 0.438. The first-order chi connectivity index (χ1) is 10.6. The lowest BCUT2D eigenvalue weighted by molar-refractivity contribution is -0.128. The molecule has 4 rings (SSSR count). The summed E-state index contributed by atoms with van der Waals surface area (Å²) in [5, 5.41) is 6.34. The van der Waals surface area contributed by atoms with Crippen molar-refractivity contribution in [2.75, 3.05) is 24.5 Å². The number of fused-ring (bicyclic) bond motifs is 1. The van der Waals surface area contributed by atoms with E-state index in [-0.39, 0.29) is 24.4 Å². The van der Waals surface area contributed by atoms with E-state index in [9.17, 15) is 9.18 Å². The molecule has 1 saturated heterocycles. The van der Waals surface area contributed by atoms with Crippen LogP contribution in [0.15, 0.2) is 12.1 Å². The second kappa shape index (κ2) is 4.70. The molecular formula is C16H16FN3O2. The zero-order valence-electron chi connectivity index (χ0n) is 12.0. The van der Waals surface area contributed by atoms with Gasteiger partial charge in [0.2, 0.25) is 0 Å². The van der Waals surface area contributed by atoms with Gasteiger partial charge in [-0.2, -0.15) is 0 Å². The summed E-state index contributed by atoms with van der Waals surface area (Å²) in [6.07, 6.45) is 6.44. The van der Waals surface area contributed by atoms with Crippen molar-refractivity contribution in [2.45, 2.75) is 24.6 Å². The van der Waals surface area contributed by atoms with Gasteiger partial charge in [-0.3, -0.25) is 20.3 Å². The molecule has 1 aromatic rings. The van der Waals surface area contributed by atoms with Crippen LogP contribution in [-0.4, -0.2) is 31.1 Å². The molecule has 0 unspecified atom stereocenters. The number of anilines is 1. The van der Waals surface area contributed by atoms with Crippen LogP contribution in [-0.2, 0) is 4.79 Å². The van der Waals surface area contributed by atoms with E-state index < -0.39 is 5.60 Å². The molecule has 0 bridgehead atoms. The molecule has 2 N–H and O–H groups in total. The van der Waals surface area contributed by atoms with Gasteiger partial charge >= 0.3 is 0 Å². The molecule has 1 saturated carbocycles. The average Bonchev–Trinajstić information content (AvgIpc) is 3.06. The van der Waals surface area contributed by atoms with Gasteiger partial charge in [0.05, 0.1) is 18.4 Å². The van der Waals surface area contributed by atoms with Gasteiger partial charge in [0.25, 0.3) is 5.91 Å². The number of terminal acetylenes is 1. The molecule has 3 aliphatic rings. The molecule has 1 aliphatic carbocycles. The van der Waals surface area contributed by atoms with E-state index in [2.05, 4.69) is 16.6 Å². The smallest absolute Gasteiger partial charge is 0.272 e. The Morgan fingerprint density at radius 1 is 1.41 bits per heavy atom. The van der Waals surface area contributed by atoms with Gasteiger partial charge in [0.1, 0.15) is 11.6 Å². The Morgan fingerprint density at radius 2 is 2.14 bits per heavy atom. The van der Waals surface area contributed by atoms with Gasteiger partial charge in [-0.25, -0.2) is 4.39 Å². The number of amides is 1. The van der Waals surface area contributed by atoms with Crippen molar-refractivity contribution in [1.82, 2.24) is 10.6 Å². The van der Waals surface area contributed by atoms with Crippen molar-refractivity contribution in [1.29, 1.82) is 0 Å². The number of hydrogen-bond donors (Lipinski definition) is 2. The van der Waals surface area contributed by atoms with Gasteiger partial charge in [-0.15, -0.1) is 6.42 Å². The maximum atomic E-state index is 14.4. The minimum Gasteiger partial charge on any atom is -0.475 e. The lowest BCUT2D eigenvalue weighted by Gasteiger charge is -2.34. The summed E-state index contributed by atoms with van der Waals surface area (Å²) in [5.41, 5.74) is 0.204. The Morgan fingerprint density at radius 3 is 2.77 bits per heavy atom. The Hall–Kier alpha value is -2.10. The van der Waals surface area contributed by atoms with Gasteiger partial charge in [-0.05, 0) is 6.07 Å². The Bertz CT molecular complexity index is 687. The van der Waals surface area contributed by atoms with Gasteiger partial charge in [-0.1, -0.05) is 5.92 Å². The van der Waals surface area contributed by atoms with Gasteiger partial charge in [0, 0.05) is 37.6 Å². The standard InChI is InChI=1S/C16H16FN3O2/c1-2-7-20-12-8-10(14-18-5-6-19-14)11(17)9-13(12)22-16(3-4-16)15(20)21/h1,8-9,14,18-19H,3-7H2. The summed E-state index contributed by atoms with van der Waals surface area (Å²) in [6, 6.07) is 3.02. The Kier molecular flexibility index (Phi) is 2.90. The topological polar surface area (TPSA) is 53.6 Å². The first-order valence-electron chi connectivity index (χ1n) is 7.39. The van der Waals surface area contributed by atoms with Crippen LogP contribution in [0.1, 0.15) is 24.6 Å². The number of nitrogens with one attached hydrogen (secondary N) is 2. The van der Waals surface area contributed by atoms with Crippen LogP contribution in [0.4, 0.5) is 10.1 Å². The van der Waals surface area contributed by atoms with Gasteiger partial charge < -0.3 is 4.74 Å². The maximum Gasteiger partial charge on any atom is 0.272 e. The zero-order chi connectivity index (χ0) is 15.3. The predicted molar refractivity (Wildman–Crippen MR) is 78.9 cm³/mol. The molecular weight excluding hydrogens is 285 g/mol. The van der Waals surface area contributed by atoms with Crippen molar-refractivity contribution < 1.29 is 13.9 Å². The molecule has 1 aromatic carbocycles. The van der Waals surface area contributed by atoms with Crippen LogP contribution in [0.2, 0.25) is 0 Å². The predicted octanol–water partition coefficient (Wildman–Crippen LogP) is 0.908. The molecule has 2 aliphatic heterocycles. The summed E-state index contributed by atoms with van der Waals surface area (Å²) in [4.78, 5) is 14.1.